The number of rotatable bonds is 3. The Morgan fingerprint density at radius 1 is 1.67 bits per heavy atom. The third kappa shape index (κ3) is 2.40. The van der Waals surface area contributed by atoms with E-state index in [-0.39, 0.29) is 6.04 Å². The Bertz CT molecular complexity index is 315. The van der Waals surface area contributed by atoms with Crippen LogP contribution in [0.25, 0.3) is 0 Å². The molecule has 4 heteroatoms. The van der Waals surface area contributed by atoms with Gasteiger partial charge in [-0.25, -0.2) is 0 Å². The maximum absolute atomic E-state index is 10.6. The van der Waals surface area contributed by atoms with Gasteiger partial charge in [-0.3, -0.25) is 9.88 Å². The molecule has 2 heterocycles. The van der Waals surface area contributed by atoms with Gasteiger partial charge in [-0.05, 0) is 11.6 Å². The van der Waals surface area contributed by atoms with E-state index in [1.165, 1.54) is 5.56 Å². The monoisotopic (exact) mass is 205 g/mol. The molecule has 1 fully saturated rings. The highest BCUT2D eigenvalue weighted by atomic mass is 16.1. The van der Waals surface area contributed by atoms with E-state index in [2.05, 4.69) is 21.3 Å². The molecule has 2 rings (SSSR count). The molecule has 0 radical (unpaired) electrons. The normalized spacial score (nSPS) is 22.5. The highest BCUT2D eigenvalue weighted by Crippen LogP contribution is 2.20. The number of aromatic nitrogens is 1. The maximum Gasteiger partial charge on any atom is 0.134 e. The summed E-state index contributed by atoms with van der Waals surface area (Å²) in [5.74, 6) is 0. The third-order valence-corrected chi connectivity index (χ3v) is 2.73. The Kier molecular flexibility index (Phi) is 3.42. The first-order valence-corrected chi connectivity index (χ1v) is 5.20. The van der Waals surface area contributed by atoms with Crippen molar-refractivity contribution in [2.45, 2.75) is 6.04 Å². The molecule has 0 bridgehead atoms. The number of carbonyl (C=O) groups excluding carboxylic acids is 1. The summed E-state index contributed by atoms with van der Waals surface area (Å²) in [5.41, 5.74) is 1.17. The van der Waals surface area contributed by atoms with Crippen LogP contribution in [0.3, 0.4) is 0 Å². The second kappa shape index (κ2) is 5.00. The summed E-state index contributed by atoms with van der Waals surface area (Å²) in [4.78, 5) is 16.9. The summed E-state index contributed by atoms with van der Waals surface area (Å²) < 4.78 is 0. The van der Waals surface area contributed by atoms with Crippen LogP contribution >= 0.6 is 0 Å². The lowest BCUT2D eigenvalue weighted by Gasteiger charge is -2.34. The SMILES string of the molecule is O=CCN1CCNCC1c1cccnc1. The molecule has 0 saturated carbocycles. The van der Waals surface area contributed by atoms with Crippen molar-refractivity contribution in [1.82, 2.24) is 15.2 Å². The lowest BCUT2D eigenvalue weighted by atomic mass is 10.1. The highest BCUT2D eigenvalue weighted by molar-refractivity contribution is 5.52. The zero-order chi connectivity index (χ0) is 10.5. The molecule has 0 spiro atoms. The number of nitrogens with one attached hydrogen (secondary N) is 1. The van der Waals surface area contributed by atoms with Gasteiger partial charge in [0.2, 0.25) is 0 Å². The second-order valence-corrected chi connectivity index (χ2v) is 3.67. The molecular weight excluding hydrogens is 190 g/mol. The van der Waals surface area contributed by atoms with E-state index < -0.39 is 0 Å². The number of hydrogen-bond acceptors (Lipinski definition) is 4. The largest absolute Gasteiger partial charge is 0.314 e. The molecule has 0 aliphatic carbocycles. The Balaban J connectivity index is 2.14. The van der Waals surface area contributed by atoms with Gasteiger partial charge in [0, 0.05) is 38.1 Å². The van der Waals surface area contributed by atoms with E-state index >= 15 is 0 Å². The summed E-state index contributed by atoms with van der Waals surface area (Å²) in [6, 6.07) is 4.27. The molecule has 1 atom stereocenters. The molecule has 4 nitrogen and oxygen atoms in total. The summed E-state index contributed by atoms with van der Waals surface area (Å²) in [6.07, 6.45) is 4.61. The minimum absolute atomic E-state index is 0.276. The molecule has 15 heavy (non-hydrogen) atoms. The molecule has 1 unspecified atom stereocenters. The van der Waals surface area contributed by atoms with Gasteiger partial charge in [0.05, 0.1) is 6.54 Å². The third-order valence-electron chi connectivity index (χ3n) is 2.73. The van der Waals surface area contributed by atoms with Crippen LogP contribution in [-0.4, -0.2) is 42.3 Å². The predicted molar refractivity (Wildman–Crippen MR) is 57.5 cm³/mol. The Morgan fingerprint density at radius 2 is 2.60 bits per heavy atom. The molecule has 1 aliphatic rings. The number of pyridine rings is 1. The Labute approximate surface area is 89.3 Å². The molecule has 80 valence electrons. The first kappa shape index (κ1) is 10.3. The van der Waals surface area contributed by atoms with Gasteiger partial charge in [0.15, 0.2) is 0 Å². The topological polar surface area (TPSA) is 45.2 Å². The molecule has 1 aromatic rings. The van der Waals surface area contributed by atoms with Crippen LogP contribution in [0.4, 0.5) is 0 Å². The van der Waals surface area contributed by atoms with Gasteiger partial charge in [-0.15, -0.1) is 0 Å². The van der Waals surface area contributed by atoms with E-state index in [1.54, 1.807) is 6.20 Å². The lowest BCUT2D eigenvalue weighted by Crippen LogP contribution is -2.46. The van der Waals surface area contributed by atoms with Crippen molar-refractivity contribution in [3.8, 4) is 0 Å². The second-order valence-electron chi connectivity index (χ2n) is 3.67. The molecular formula is C11H15N3O. The van der Waals surface area contributed by atoms with Crippen LogP contribution in [-0.2, 0) is 4.79 Å². The van der Waals surface area contributed by atoms with Crippen molar-refractivity contribution in [2.75, 3.05) is 26.2 Å². The highest BCUT2D eigenvalue weighted by Gasteiger charge is 2.22. The molecule has 1 aromatic heterocycles. The van der Waals surface area contributed by atoms with Crippen LogP contribution in [0.5, 0.6) is 0 Å². The van der Waals surface area contributed by atoms with Crippen molar-refractivity contribution in [3.63, 3.8) is 0 Å². The van der Waals surface area contributed by atoms with Crippen LogP contribution in [0.2, 0.25) is 0 Å². The lowest BCUT2D eigenvalue weighted by molar-refractivity contribution is -0.109. The van der Waals surface area contributed by atoms with Crippen LogP contribution in [0.1, 0.15) is 11.6 Å². The number of hydrogen-bond donors (Lipinski definition) is 1. The van der Waals surface area contributed by atoms with E-state index in [0.717, 1.165) is 25.9 Å². The number of piperazine rings is 1. The molecule has 0 aromatic carbocycles. The molecule has 1 N–H and O–H groups in total. The number of carbonyl (C=O) groups is 1. The van der Waals surface area contributed by atoms with Gasteiger partial charge < -0.3 is 10.1 Å². The molecule has 1 aliphatic heterocycles. The fourth-order valence-corrected chi connectivity index (χ4v) is 1.96. The van der Waals surface area contributed by atoms with E-state index in [9.17, 15) is 4.79 Å². The van der Waals surface area contributed by atoms with Crippen molar-refractivity contribution in [1.29, 1.82) is 0 Å². The van der Waals surface area contributed by atoms with E-state index in [4.69, 9.17) is 0 Å². The first-order valence-electron chi connectivity index (χ1n) is 5.20. The van der Waals surface area contributed by atoms with Crippen LogP contribution in [0.15, 0.2) is 24.5 Å². The van der Waals surface area contributed by atoms with Crippen LogP contribution in [0, 0.1) is 0 Å². The average Bonchev–Trinajstić information content (AvgIpc) is 2.31. The quantitative estimate of drug-likeness (QED) is 0.717. The van der Waals surface area contributed by atoms with Gasteiger partial charge in [-0.1, -0.05) is 6.07 Å². The fraction of sp³-hybridized carbons (Fsp3) is 0.455. The Hall–Kier alpha value is -1.26. The zero-order valence-electron chi connectivity index (χ0n) is 8.60. The first-order chi connectivity index (χ1) is 7.42. The molecule has 1 saturated heterocycles. The minimum Gasteiger partial charge on any atom is -0.314 e. The molecule has 0 amide bonds. The van der Waals surface area contributed by atoms with Gasteiger partial charge in [0.25, 0.3) is 0 Å². The summed E-state index contributed by atoms with van der Waals surface area (Å²) in [6.45, 7) is 3.25. The zero-order valence-corrected chi connectivity index (χ0v) is 8.60. The Morgan fingerprint density at radius 3 is 3.33 bits per heavy atom. The van der Waals surface area contributed by atoms with Gasteiger partial charge in [-0.2, -0.15) is 0 Å². The number of nitrogens with zero attached hydrogens (tertiary/aromatic N) is 2. The van der Waals surface area contributed by atoms with Crippen molar-refractivity contribution >= 4 is 6.29 Å². The van der Waals surface area contributed by atoms with E-state index in [1.807, 2.05) is 12.3 Å². The van der Waals surface area contributed by atoms with Crippen LogP contribution < -0.4 is 5.32 Å². The van der Waals surface area contributed by atoms with Gasteiger partial charge >= 0.3 is 0 Å². The van der Waals surface area contributed by atoms with Crippen molar-refractivity contribution in [3.05, 3.63) is 30.1 Å². The van der Waals surface area contributed by atoms with Crippen molar-refractivity contribution < 1.29 is 4.79 Å². The van der Waals surface area contributed by atoms with Gasteiger partial charge in [0.1, 0.15) is 6.29 Å². The smallest absolute Gasteiger partial charge is 0.134 e. The standard InChI is InChI=1S/C11H15N3O/c15-7-6-14-5-4-13-9-11(14)10-2-1-3-12-8-10/h1-3,7-8,11,13H,4-6,9H2. The summed E-state index contributed by atoms with van der Waals surface area (Å²) in [5, 5.41) is 3.34. The van der Waals surface area contributed by atoms with E-state index in [0.29, 0.717) is 6.54 Å². The average molecular weight is 205 g/mol. The minimum atomic E-state index is 0.276. The number of aldehydes is 1. The maximum atomic E-state index is 10.6. The fourth-order valence-electron chi connectivity index (χ4n) is 1.96. The van der Waals surface area contributed by atoms with Crippen molar-refractivity contribution in [2.24, 2.45) is 0 Å². The predicted octanol–water partition coefficient (Wildman–Crippen LogP) is 0.227. The summed E-state index contributed by atoms with van der Waals surface area (Å²) in [7, 11) is 0. The summed E-state index contributed by atoms with van der Waals surface area (Å²) >= 11 is 0.